The monoisotopic (exact) mass is 312 g/mol. The highest BCUT2D eigenvalue weighted by atomic mass is 32.3. The third-order valence-electron chi connectivity index (χ3n) is 1.55. The van der Waals surface area contributed by atoms with Crippen LogP contribution in [0.15, 0.2) is 0 Å². The number of aliphatic carboxylic acids is 1. The smallest absolute Gasteiger partial charge is 0.307 e. The molecule has 0 aliphatic heterocycles. The molecule has 19 heavy (non-hydrogen) atoms. The minimum absolute atomic E-state index is 0.0988. The highest BCUT2D eigenvalue weighted by Crippen LogP contribution is 2.06. The van der Waals surface area contributed by atoms with Crippen molar-refractivity contribution >= 4 is 34.7 Å². The lowest BCUT2D eigenvalue weighted by Gasteiger charge is -1.99. The first kappa shape index (κ1) is 20.1. The number of carboxylic acids is 1. The van der Waals surface area contributed by atoms with E-state index in [9.17, 15) is 18.0 Å². The summed E-state index contributed by atoms with van der Waals surface area (Å²) in [6.45, 7) is 1.53. The van der Waals surface area contributed by atoms with Gasteiger partial charge in [-0.3, -0.25) is 14.1 Å². The van der Waals surface area contributed by atoms with Crippen molar-refractivity contribution in [3.05, 3.63) is 0 Å². The predicted molar refractivity (Wildman–Crippen MR) is 71.3 cm³/mol. The van der Waals surface area contributed by atoms with Crippen LogP contribution in [0.5, 0.6) is 0 Å². The van der Waals surface area contributed by atoms with E-state index in [1.54, 1.807) is 6.92 Å². The molecule has 0 aromatic carbocycles. The van der Waals surface area contributed by atoms with Crippen LogP contribution >= 0.6 is 12.6 Å². The largest absolute Gasteiger partial charge is 0.481 e. The van der Waals surface area contributed by atoms with Crippen LogP contribution in [0.2, 0.25) is 0 Å². The third kappa shape index (κ3) is 14.7. The molecule has 2 N–H and O–H groups in total. The van der Waals surface area contributed by atoms with Crippen LogP contribution in [-0.2, 0) is 24.4 Å². The molecule has 7 nitrogen and oxygen atoms in total. The number of rotatable bonds is 6. The van der Waals surface area contributed by atoms with Gasteiger partial charge in [0.2, 0.25) is 0 Å². The summed E-state index contributed by atoms with van der Waals surface area (Å²) in [5, 5.41) is 8.14. The van der Waals surface area contributed by atoms with E-state index in [1.807, 2.05) is 0 Å². The number of esters is 1. The zero-order valence-corrected chi connectivity index (χ0v) is 12.0. The molecule has 0 spiro atoms. The van der Waals surface area contributed by atoms with Gasteiger partial charge in [0.25, 0.3) is 10.1 Å². The third-order valence-corrected chi connectivity index (χ3v) is 3.74. The minimum Gasteiger partial charge on any atom is -0.481 e. The second kappa shape index (κ2) is 10.7. The Hall–Kier alpha value is -1.24. The van der Waals surface area contributed by atoms with Crippen LogP contribution in [0, 0.1) is 12.3 Å². The second-order valence-corrected chi connectivity index (χ2v) is 5.71. The quantitative estimate of drug-likeness (QED) is 0.284. The number of thiol groups is 1. The van der Waals surface area contributed by atoms with Gasteiger partial charge in [-0.15, -0.1) is 6.42 Å². The van der Waals surface area contributed by atoms with Gasteiger partial charge in [-0.05, 0) is 6.42 Å². The summed E-state index contributed by atoms with van der Waals surface area (Å²) in [7, 11) is -3.89. The molecule has 110 valence electrons. The zero-order valence-electron chi connectivity index (χ0n) is 10.3. The molecule has 9 heteroatoms. The van der Waals surface area contributed by atoms with Crippen molar-refractivity contribution in [3.8, 4) is 12.3 Å². The Morgan fingerprint density at radius 1 is 1.42 bits per heavy atom. The van der Waals surface area contributed by atoms with Crippen LogP contribution < -0.4 is 0 Å². The molecule has 0 saturated carbocycles. The van der Waals surface area contributed by atoms with Crippen molar-refractivity contribution in [3.63, 3.8) is 0 Å². The summed E-state index contributed by atoms with van der Waals surface area (Å²) >= 11 is 3.57. The number of hydrogen-bond acceptors (Lipinski definition) is 6. The molecule has 0 fully saturated rings. The number of hydrogen-bond donors (Lipinski definition) is 3. The Balaban J connectivity index is 0. The zero-order chi connectivity index (χ0) is 15.5. The molecule has 0 radical (unpaired) electrons. The predicted octanol–water partition coefficient (Wildman–Crippen LogP) is 0.568. The summed E-state index contributed by atoms with van der Waals surface area (Å²) < 4.78 is 31.7. The summed E-state index contributed by atoms with van der Waals surface area (Å²) in [4.78, 5) is 20.5. The van der Waals surface area contributed by atoms with Crippen LogP contribution in [0.25, 0.3) is 0 Å². The van der Waals surface area contributed by atoms with Gasteiger partial charge in [0.05, 0.1) is 12.8 Å². The van der Waals surface area contributed by atoms with Gasteiger partial charge >= 0.3 is 11.9 Å². The first-order chi connectivity index (χ1) is 8.65. The molecule has 1 atom stereocenters. The number of carbonyl (C=O) groups is 2. The number of ether oxygens (including phenoxy) is 1. The molecule has 0 aliphatic rings. The molecule has 0 heterocycles. The summed E-state index contributed by atoms with van der Waals surface area (Å²) in [6, 6.07) is 0. The second-order valence-electron chi connectivity index (χ2n) is 3.14. The molecule has 0 aromatic heterocycles. The van der Waals surface area contributed by atoms with Crippen molar-refractivity contribution in [2.24, 2.45) is 0 Å². The average Bonchev–Trinajstić information content (AvgIpc) is 2.32. The first-order valence-electron chi connectivity index (χ1n) is 5.10. The molecule has 1 unspecified atom stereocenters. The van der Waals surface area contributed by atoms with E-state index in [2.05, 4.69) is 23.3 Å². The van der Waals surface area contributed by atoms with Gasteiger partial charge in [0.15, 0.2) is 6.61 Å². The van der Waals surface area contributed by atoms with Crippen molar-refractivity contribution in [2.45, 2.75) is 30.8 Å². The van der Waals surface area contributed by atoms with Gasteiger partial charge in [-0.2, -0.15) is 21.0 Å². The van der Waals surface area contributed by atoms with Gasteiger partial charge in [-0.25, -0.2) is 0 Å². The molecular weight excluding hydrogens is 296 g/mol. The molecule has 0 amide bonds. The van der Waals surface area contributed by atoms with Gasteiger partial charge in [0.1, 0.15) is 4.58 Å². The highest BCUT2D eigenvalue weighted by molar-refractivity contribution is 8.01. The van der Waals surface area contributed by atoms with Crippen molar-refractivity contribution < 1.29 is 32.4 Å². The summed E-state index contributed by atoms with van der Waals surface area (Å²) in [5.74, 6) is 0.492. The van der Waals surface area contributed by atoms with Crippen LogP contribution in [0.1, 0.15) is 26.2 Å². The van der Waals surface area contributed by atoms with Crippen molar-refractivity contribution in [1.82, 2.24) is 0 Å². The SMILES string of the molecule is C#CCOC(=O)CCC(=O)O.CCC(S)S(=O)(=O)O. The summed E-state index contributed by atoms with van der Waals surface area (Å²) in [6.07, 6.45) is 4.76. The average molecular weight is 312 g/mol. The van der Waals surface area contributed by atoms with Crippen LogP contribution in [-0.4, -0.2) is 41.2 Å². The lowest BCUT2D eigenvalue weighted by molar-refractivity contribution is -0.146. The van der Waals surface area contributed by atoms with Gasteiger partial charge in [-0.1, -0.05) is 12.8 Å². The lowest BCUT2D eigenvalue weighted by atomic mass is 10.3. The van der Waals surface area contributed by atoms with Crippen LogP contribution in [0.4, 0.5) is 0 Å². The normalized spacial score (nSPS) is 11.5. The lowest BCUT2D eigenvalue weighted by Crippen LogP contribution is -2.11. The van der Waals surface area contributed by atoms with Crippen molar-refractivity contribution in [1.29, 1.82) is 0 Å². The topological polar surface area (TPSA) is 118 Å². The standard InChI is InChI=1S/C7H8O4.C3H8O3S2/c1-2-5-11-7(10)4-3-6(8)9;1-2-3(7)8(4,5)6/h1H,3-5H2,(H,8,9);3,7H,2H2,1H3,(H,4,5,6). The minimum atomic E-state index is -3.89. The fourth-order valence-corrected chi connectivity index (χ4v) is 1.04. The Morgan fingerprint density at radius 2 is 1.95 bits per heavy atom. The number of carbonyl (C=O) groups excluding carboxylic acids is 1. The Bertz CT molecular complexity index is 422. The van der Waals surface area contributed by atoms with E-state index in [0.717, 1.165) is 0 Å². The molecule has 0 bridgehead atoms. The van der Waals surface area contributed by atoms with E-state index < -0.39 is 26.6 Å². The highest BCUT2D eigenvalue weighted by Gasteiger charge is 2.14. The number of carboxylic acid groups (broad SMARTS) is 1. The Morgan fingerprint density at radius 3 is 2.21 bits per heavy atom. The maximum absolute atomic E-state index is 10.5. The molecule has 0 saturated heterocycles. The first-order valence-corrected chi connectivity index (χ1v) is 7.12. The maximum atomic E-state index is 10.5. The molecule has 0 aliphatic carbocycles. The van der Waals surface area contributed by atoms with E-state index >= 15 is 0 Å². The summed E-state index contributed by atoms with van der Waals surface area (Å²) in [5.41, 5.74) is 0. The van der Waals surface area contributed by atoms with E-state index in [-0.39, 0.29) is 19.4 Å². The molecular formula is C10H16O7S2. The van der Waals surface area contributed by atoms with Crippen molar-refractivity contribution in [2.75, 3.05) is 6.61 Å². The molecule has 0 rings (SSSR count). The Labute approximate surface area is 117 Å². The fraction of sp³-hybridized carbons (Fsp3) is 0.600. The fourth-order valence-electron chi connectivity index (χ4n) is 0.614. The maximum Gasteiger partial charge on any atom is 0.307 e. The molecule has 0 aromatic rings. The van der Waals surface area contributed by atoms with E-state index in [1.165, 1.54) is 0 Å². The number of terminal acetylenes is 1. The van der Waals surface area contributed by atoms with Crippen LogP contribution in [0.3, 0.4) is 0 Å². The van der Waals surface area contributed by atoms with Gasteiger partial charge < -0.3 is 9.84 Å². The van der Waals surface area contributed by atoms with E-state index in [0.29, 0.717) is 6.42 Å². The van der Waals surface area contributed by atoms with Gasteiger partial charge in [0, 0.05) is 0 Å². The van der Waals surface area contributed by atoms with E-state index in [4.69, 9.17) is 16.1 Å². The Kier molecular flexibility index (Phi) is 11.3.